The van der Waals surface area contributed by atoms with Gasteiger partial charge in [0.25, 0.3) is 0 Å². The summed E-state index contributed by atoms with van der Waals surface area (Å²) in [4.78, 5) is 20.1. The van der Waals surface area contributed by atoms with E-state index in [1.54, 1.807) is 24.3 Å². The van der Waals surface area contributed by atoms with Crippen molar-refractivity contribution in [2.75, 3.05) is 34.5 Å². The van der Waals surface area contributed by atoms with E-state index < -0.39 is 29.5 Å². The van der Waals surface area contributed by atoms with E-state index in [4.69, 9.17) is 5.73 Å². The lowest BCUT2D eigenvalue weighted by Gasteiger charge is -2.21. The van der Waals surface area contributed by atoms with Crippen LogP contribution < -0.4 is 32.3 Å². The van der Waals surface area contributed by atoms with Crippen LogP contribution in [-0.4, -0.2) is 59.7 Å². The largest absolute Gasteiger partial charge is 0.394 e. The van der Waals surface area contributed by atoms with Crippen LogP contribution in [0.2, 0.25) is 0 Å². The number of hydrogen-bond donors (Lipinski definition) is 10. The van der Waals surface area contributed by atoms with Gasteiger partial charge < -0.3 is 42.5 Å². The lowest BCUT2D eigenvalue weighted by molar-refractivity contribution is -0.119. The number of aliphatic hydroxyl groups is 2. The molecule has 0 aliphatic heterocycles. The lowest BCUT2D eigenvalue weighted by Crippen LogP contribution is -2.22. The van der Waals surface area contributed by atoms with E-state index in [1.165, 1.54) is 43.3 Å². The number of benzene rings is 2. The number of anilines is 6. The van der Waals surface area contributed by atoms with Crippen LogP contribution in [0, 0.1) is 23.3 Å². The molecule has 2 aliphatic carbocycles. The fraction of sp³-hybridized carbons (Fsp3) is 0.310. The van der Waals surface area contributed by atoms with Gasteiger partial charge in [-0.15, -0.1) is 0 Å². The Hall–Kier alpha value is -6.57. The number of halogens is 4. The summed E-state index contributed by atoms with van der Waals surface area (Å²) in [5, 5.41) is 48.4. The number of aliphatic hydroxyl groups excluding tert-OH is 2. The zero-order chi connectivity index (χ0) is 43.0. The second kappa shape index (κ2) is 19.2. The number of carbonyl (C=O) groups is 1. The molecule has 4 heterocycles. The lowest BCUT2D eigenvalue weighted by atomic mass is 10.1. The van der Waals surface area contributed by atoms with Gasteiger partial charge in [-0.25, -0.2) is 27.5 Å². The Morgan fingerprint density at radius 1 is 0.689 bits per heavy atom. The fourth-order valence-electron chi connectivity index (χ4n) is 6.43. The molecule has 0 unspecified atom stereocenters. The molecular weight excluding hydrogens is 797 g/mol. The number of nitrogens with zero attached hydrogens (tertiary/aromatic N) is 4. The Kier molecular flexibility index (Phi) is 13.4. The van der Waals surface area contributed by atoms with E-state index in [1.807, 2.05) is 12.1 Å². The van der Waals surface area contributed by atoms with Gasteiger partial charge in [-0.05, 0) is 73.2 Å². The minimum Gasteiger partial charge on any atom is -0.394 e. The molecule has 2 fully saturated rings. The van der Waals surface area contributed by atoms with Crippen LogP contribution in [0.15, 0.2) is 72.8 Å². The minimum absolute atomic E-state index is 0.00524. The number of H-pyrrole nitrogens is 2. The van der Waals surface area contributed by atoms with Gasteiger partial charge in [0.15, 0.2) is 34.9 Å². The van der Waals surface area contributed by atoms with Crippen molar-refractivity contribution >= 4 is 40.8 Å². The minimum atomic E-state index is -0.621. The molecule has 15 nitrogen and oxygen atoms in total. The van der Waals surface area contributed by atoms with Crippen LogP contribution >= 0.6 is 0 Å². The summed E-state index contributed by atoms with van der Waals surface area (Å²) in [5.74, 6) is 0.195. The number of nitrogens with two attached hydrogens (primary N) is 1. The van der Waals surface area contributed by atoms with E-state index in [0.29, 0.717) is 51.5 Å². The average molecular weight is 843 g/mol. The van der Waals surface area contributed by atoms with Gasteiger partial charge in [-0.3, -0.25) is 15.0 Å². The molecule has 0 spiro atoms. The first kappa shape index (κ1) is 42.6. The molecule has 6 aromatic rings. The van der Waals surface area contributed by atoms with Gasteiger partial charge in [0.05, 0.1) is 25.3 Å². The molecule has 0 radical (unpaired) electrons. The molecule has 2 aromatic carbocycles. The Balaban J connectivity index is 0.000000185. The first-order valence-corrected chi connectivity index (χ1v) is 19.7. The Labute approximate surface area is 348 Å². The SMILES string of the molecule is CC(=O)NCc1cc(F)c(Nc2cc(C3CC3)[nH]n2)nc1N[C@@H](CO)c1ccc(F)cc1.NCc1cc(F)c(Nc2cc(C3CC3)[nH]n2)nc1N[C@@H](CO)c1ccc(F)cc1. The molecule has 0 saturated heterocycles. The monoisotopic (exact) mass is 842 g/mol. The van der Waals surface area contributed by atoms with E-state index in [-0.39, 0.29) is 55.5 Å². The Bertz CT molecular complexity index is 2420. The molecule has 2 aliphatic rings. The van der Waals surface area contributed by atoms with Crippen molar-refractivity contribution in [2.45, 2.75) is 69.6 Å². The Morgan fingerprint density at radius 2 is 1.11 bits per heavy atom. The van der Waals surface area contributed by atoms with Crippen molar-refractivity contribution in [1.82, 2.24) is 35.7 Å². The van der Waals surface area contributed by atoms with Crippen LogP contribution in [0.4, 0.5) is 52.5 Å². The summed E-state index contributed by atoms with van der Waals surface area (Å²) in [5.41, 5.74) is 9.89. The molecule has 8 rings (SSSR count). The quantitative estimate of drug-likeness (QED) is 0.0428. The summed E-state index contributed by atoms with van der Waals surface area (Å²) in [6.45, 7) is 0.885. The van der Waals surface area contributed by atoms with Crippen LogP contribution in [0.25, 0.3) is 0 Å². The van der Waals surface area contributed by atoms with Gasteiger partial charge in [-0.1, -0.05) is 24.3 Å². The third-order valence-corrected chi connectivity index (χ3v) is 10.1. The summed E-state index contributed by atoms with van der Waals surface area (Å²) < 4.78 is 55.8. The Morgan fingerprint density at radius 3 is 1.51 bits per heavy atom. The predicted molar refractivity (Wildman–Crippen MR) is 221 cm³/mol. The van der Waals surface area contributed by atoms with Gasteiger partial charge >= 0.3 is 0 Å². The summed E-state index contributed by atoms with van der Waals surface area (Å²) >= 11 is 0. The van der Waals surface area contributed by atoms with Crippen molar-refractivity contribution in [2.24, 2.45) is 5.73 Å². The second-order valence-electron chi connectivity index (χ2n) is 14.8. The number of hydrogen-bond acceptors (Lipinski definition) is 12. The summed E-state index contributed by atoms with van der Waals surface area (Å²) in [7, 11) is 0. The highest BCUT2D eigenvalue weighted by molar-refractivity contribution is 5.73. The molecule has 2 atom stereocenters. The van der Waals surface area contributed by atoms with Crippen LogP contribution in [0.3, 0.4) is 0 Å². The van der Waals surface area contributed by atoms with E-state index in [2.05, 4.69) is 56.9 Å². The average Bonchev–Trinajstić information content (AvgIpc) is 4.20. The van der Waals surface area contributed by atoms with Gasteiger partial charge in [0.2, 0.25) is 5.91 Å². The van der Waals surface area contributed by atoms with Gasteiger partial charge in [0, 0.05) is 66.5 Å². The van der Waals surface area contributed by atoms with E-state index >= 15 is 0 Å². The highest BCUT2D eigenvalue weighted by Crippen LogP contribution is 2.41. The number of rotatable bonds is 17. The molecule has 0 bridgehead atoms. The standard InChI is InChI=1S/C22H24F2N6O2.C20H22F2N6O/c1-12(32)25-10-15-8-17(24)22(27-20-9-18(29-30-20)13-2-3-13)28-21(15)26-19(11-31)14-4-6-16(23)7-5-14;21-14-5-3-12(4-6-14)17(10-29)24-19-13(9-23)7-15(22)20(26-19)25-18-8-16(27-28-18)11-1-2-11/h4-9,13,19,31H,2-3,10-11H2,1H3,(H,25,32)(H3,26,27,28,29,30);3-8,11,17,29H,1-2,9-10,23H2,(H3,24,25,26,27,28)/t19-;17-/m00/s1. The number of carbonyl (C=O) groups excluding carboxylic acids is 1. The number of aromatic amines is 2. The van der Waals surface area contributed by atoms with Gasteiger partial charge in [-0.2, -0.15) is 10.2 Å². The third-order valence-electron chi connectivity index (χ3n) is 10.1. The van der Waals surface area contributed by atoms with Crippen LogP contribution in [0.1, 0.15) is 90.2 Å². The summed E-state index contributed by atoms with van der Waals surface area (Å²) in [6, 6.07) is 16.5. The predicted octanol–water partition coefficient (Wildman–Crippen LogP) is 6.79. The highest BCUT2D eigenvalue weighted by atomic mass is 19.1. The maximum absolute atomic E-state index is 14.8. The topological polar surface area (TPSA) is 227 Å². The maximum Gasteiger partial charge on any atom is 0.217 e. The molecule has 1 amide bonds. The zero-order valence-electron chi connectivity index (χ0n) is 33.1. The maximum atomic E-state index is 14.8. The number of pyridine rings is 2. The van der Waals surface area contributed by atoms with Crippen LogP contribution in [-0.2, 0) is 17.9 Å². The number of nitrogens with one attached hydrogen (secondary N) is 7. The van der Waals surface area contributed by atoms with Crippen LogP contribution in [0.5, 0.6) is 0 Å². The molecule has 61 heavy (non-hydrogen) atoms. The highest BCUT2D eigenvalue weighted by Gasteiger charge is 2.27. The molecule has 320 valence electrons. The second-order valence-corrected chi connectivity index (χ2v) is 14.8. The van der Waals surface area contributed by atoms with Crippen molar-refractivity contribution in [3.8, 4) is 0 Å². The molecule has 19 heteroatoms. The number of amides is 1. The van der Waals surface area contributed by atoms with Crippen molar-refractivity contribution in [1.29, 1.82) is 0 Å². The smallest absolute Gasteiger partial charge is 0.217 e. The molecular formula is C42H46F4N12O3. The van der Waals surface area contributed by atoms with E-state index in [9.17, 15) is 32.6 Å². The normalized spacial score (nSPS) is 14.4. The first-order chi connectivity index (χ1) is 29.5. The molecule has 11 N–H and O–H groups in total. The molecule has 2 saturated carbocycles. The third kappa shape index (κ3) is 11.2. The molecule has 4 aromatic heterocycles. The van der Waals surface area contributed by atoms with Gasteiger partial charge in [0.1, 0.15) is 23.3 Å². The number of aromatic nitrogens is 6. The zero-order valence-corrected chi connectivity index (χ0v) is 33.1. The van der Waals surface area contributed by atoms with E-state index in [0.717, 1.165) is 37.1 Å². The fourth-order valence-corrected chi connectivity index (χ4v) is 6.43. The summed E-state index contributed by atoms with van der Waals surface area (Å²) in [6.07, 6.45) is 4.46. The van der Waals surface area contributed by atoms with Crippen molar-refractivity contribution in [3.05, 3.63) is 130 Å². The van der Waals surface area contributed by atoms with Crippen molar-refractivity contribution < 1.29 is 32.6 Å². The van der Waals surface area contributed by atoms with Crippen molar-refractivity contribution in [3.63, 3.8) is 0 Å². The first-order valence-electron chi connectivity index (χ1n) is 19.7.